The molecular weight excluding hydrogens is 751 g/mol. The topological polar surface area (TPSA) is 13.1 Å². The van der Waals surface area contributed by atoms with Crippen molar-refractivity contribution in [1.82, 2.24) is 9.13 Å². The van der Waals surface area contributed by atoms with Crippen molar-refractivity contribution in [3.05, 3.63) is 218 Å². The van der Waals surface area contributed by atoms with Gasteiger partial charge in [0.1, 0.15) is 0 Å². The minimum absolute atomic E-state index is 0.170. The predicted octanol–water partition coefficient (Wildman–Crippen LogP) is 15.8. The maximum Gasteiger partial charge on any atom is 0.0547 e. The summed E-state index contributed by atoms with van der Waals surface area (Å²) in [6.07, 6.45) is 4.61. The molecule has 1 aliphatic heterocycles. The Morgan fingerprint density at radius 1 is 0.339 bits per heavy atom. The van der Waals surface area contributed by atoms with E-state index in [9.17, 15) is 0 Å². The molecule has 9 aromatic carbocycles. The molecule has 0 bridgehead atoms. The molecule has 0 amide bonds. The van der Waals surface area contributed by atoms with Gasteiger partial charge in [0, 0.05) is 50.1 Å². The summed E-state index contributed by atoms with van der Waals surface area (Å²) in [5.74, 6) is 0. The first kappa shape index (κ1) is 34.9. The molecule has 11 aromatic rings. The lowest BCUT2D eigenvalue weighted by Gasteiger charge is -2.37. The van der Waals surface area contributed by atoms with E-state index in [1.54, 1.807) is 0 Å². The van der Waals surface area contributed by atoms with Crippen molar-refractivity contribution in [2.45, 2.75) is 19.3 Å². The van der Waals surface area contributed by atoms with Gasteiger partial charge in [-0.15, -0.1) is 0 Å². The number of hydrogen-bond acceptors (Lipinski definition) is 1. The minimum Gasteiger partial charge on any atom is -0.317 e. The SMILES string of the molecule is CC1(C)C=CN(c2ccccc2)c2cc3c(cc21)-c1ccccc1-c1ccccc1-c1c-3cccc1-n1c2ccccc2c2cc(-n3c4ccccc4c4ccccc43)ccc21. The second-order valence-corrected chi connectivity index (χ2v) is 17.4. The molecule has 13 rings (SSSR count). The van der Waals surface area contributed by atoms with Crippen LogP contribution in [0.15, 0.2) is 212 Å². The van der Waals surface area contributed by atoms with Gasteiger partial charge in [0.2, 0.25) is 0 Å². The number of aromatic nitrogens is 2. The quantitative estimate of drug-likeness (QED) is 0.174. The van der Waals surface area contributed by atoms with E-state index in [4.69, 9.17) is 0 Å². The Balaban J connectivity index is 1.12. The number of hydrogen-bond donors (Lipinski definition) is 0. The molecule has 3 nitrogen and oxygen atoms in total. The fourth-order valence-electron chi connectivity index (χ4n) is 10.7. The zero-order valence-corrected chi connectivity index (χ0v) is 34.5. The van der Waals surface area contributed by atoms with Crippen molar-refractivity contribution in [3.63, 3.8) is 0 Å². The third-order valence-corrected chi connectivity index (χ3v) is 13.5. The third-order valence-electron chi connectivity index (χ3n) is 13.5. The predicted molar refractivity (Wildman–Crippen MR) is 261 cm³/mol. The van der Waals surface area contributed by atoms with Crippen molar-refractivity contribution in [3.8, 4) is 55.9 Å². The second-order valence-electron chi connectivity index (χ2n) is 17.4. The zero-order chi connectivity index (χ0) is 41.1. The van der Waals surface area contributed by atoms with Crippen LogP contribution in [0.1, 0.15) is 19.4 Å². The number of nitrogens with zero attached hydrogens (tertiary/aromatic N) is 3. The highest BCUT2D eigenvalue weighted by atomic mass is 15.1. The van der Waals surface area contributed by atoms with Crippen LogP contribution in [-0.2, 0) is 5.41 Å². The number of anilines is 2. The van der Waals surface area contributed by atoms with Crippen molar-refractivity contribution in [2.24, 2.45) is 0 Å². The van der Waals surface area contributed by atoms with E-state index < -0.39 is 0 Å². The number of para-hydroxylation sites is 4. The van der Waals surface area contributed by atoms with Crippen LogP contribution < -0.4 is 4.90 Å². The fourth-order valence-corrected chi connectivity index (χ4v) is 10.7. The Kier molecular flexibility index (Phi) is 7.36. The summed E-state index contributed by atoms with van der Waals surface area (Å²) in [6.45, 7) is 4.67. The summed E-state index contributed by atoms with van der Waals surface area (Å²) in [7, 11) is 0. The van der Waals surface area contributed by atoms with Gasteiger partial charge in [-0.1, -0.05) is 153 Å². The van der Waals surface area contributed by atoms with E-state index in [2.05, 4.69) is 240 Å². The minimum atomic E-state index is -0.170. The van der Waals surface area contributed by atoms with Crippen LogP contribution in [0.3, 0.4) is 0 Å². The number of allylic oxidation sites excluding steroid dienone is 1. The van der Waals surface area contributed by atoms with Gasteiger partial charge >= 0.3 is 0 Å². The summed E-state index contributed by atoms with van der Waals surface area (Å²) < 4.78 is 4.94. The fraction of sp³-hybridized carbons (Fsp3) is 0.0508. The van der Waals surface area contributed by atoms with Crippen molar-refractivity contribution < 1.29 is 0 Å². The average Bonchev–Trinajstić information content (AvgIpc) is 3.83. The molecule has 292 valence electrons. The van der Waals surface area contributed by atoms with Gasteiger partial charge in [-0.3, -0.25) is 0 Å². The Hall–Kier alpha value is -7.88. The first-order valence-corrected chi connectivity index (χ1v) is 21.6. The second kappa shape index (κ2) is 13.1. The van der Waals surface area contributed by atoms with E-state index in [-0.39, 0.29) is 5.41 Å². The lowest BCUT2D eigenvalue weighted by atomic mass is 9.75. The van der Waals surface area contributed by atoms with E-state index >= 15 is 0 Å². The van der Waals surface area contributed by atoms with Gasteiger partial charge < -0.3 is 14.0 Å². The van der Waals surface area contributed by atoms with E-state index in [0.717, 1.165) is 17.1 Å². The van der Waals surface area contributed by atoms with Crippen molar-refractivity contribution in [1.29, 1.82) is 0 Å². The zero-order valence-electron chi connectivity index (χ0n) is 34.5. The maximum atomic E-state index is 2.52. The van der Waals surface area contributed by atoms with E-state index in [0.29, 0.717) is 0 Å². The summed E-state index contributed by atoms with van der Waals surface area (Å²) in [6, 6.07) is 74.2. The average molecular weight is 792 g/mol. The molecule has 0 saturated heterocycles. The Bertz CT molecular complexity index is 3620. The first-order chi connectivity index (χ1) is 30.5. The highest BCUT2D eigenvalue weighted by Gasteiger charge is 2.33. The van der Waals surface area contributed by atoms with Crippen LogP contribution in [0.4, 0.5) is 11.4 Å². The molecule has 0 radical (unpaired) electrons. The summed E-state index contributed by atoms with van der Waals surface area (Å²) in [4.78, 5) is 2.37. The Morgan fingerprint density at radius 3 is 1.55 bits per heavy atom. The standard InChI is InChI=1S/C59H41N3/c1-59(2)33-34-60(38-17-4-3-5-18-38)57-37-49-47-26-16-30-56(58(47)46-25-9-8-20-41(46)40-19-6-7-21-42(40)48(49)36-51(57)59)62-54-29-15-12-24-45(54)50-35-39(31-32-55(50)62)61-52-27-13-10-22-43(52)44-23-11-14-28-53(44)61/h3-37H,1-2H3. The highest BCUT2D eigenvalue weighted by molar-refractivity contribution is 6.14. The molecule has 2 aromatic heterocycles. The molecule has 0 spiro atoms. The monoisotopic (exact) mass is 791 g/mol. The lowest BCUT2D eigenvalue weighted by molar-refractivity contribution is 0.659. The van der Waals surface area contributed by atoms with Crippen LogP contribution in [0.25, 0.3) is 99.5 Å². The van der Waals surface area contributed by atoms with Gasteiger partial charge in [-0.2, -0.15) is 0 Å². The van der Waals surface area contributed by atoms with Gasteiger partial charge in [0.25, 0.3) is 0 Å². The van der Waals surface area contributed by atoms with Gasteiger partial charge in [-0.25, -0.2) is 0 Å². The van der Waals surface area contributed by atoms with Gasteiger partial charge in [0.05, 0.1) is 33.4 Å². The normalized spacial score (nSPS) is 13.7. The van der Waals surface area contributed by atoms with Crippen LogP contribution in [0.2, 0.25) is 0 Å². The Morgan fingerprint density at radius 2 is 0.855 bits per heavy atom. The molecule has 0 N–H and O–H groups in total. The molecule has 1 aliphatic carbocycles. The molecule has 3 heteroatoms. The molecule has 0 fully saturated rings. The van der Waals surface area contributed by atoms with Crippen molar-refractivity contribution >= 4 is 55.0 Å². The maximum absolute atomic E-state index is 2.52. The van der Waals surface area contributed by atoms with Crippen molar-refractivity contribution in [2.75, 3.05) is 4.90 Å². The third kappa shape index (κ3) is 4.94. The summed E-state index contributed by atoms with van der Waals surface area (Å²) >= 11 is 0. The van der Waals surface area contributed by atoms with Crippen LogP contribution in [0, 0.1) is 0 Å². The molecule has 0 unspecified atom stereocenters. The molecule has 62 heavy (non-hydrogen) atoms. The number of fused-ring (bicyclic) bond motifs is 15. The number of benzene rings is 9. The van der Waals surface area contributed by atoms with Gasteiger partial charge in [0.15, 0.2) is 0 Å². The van der Waals surface area contributed by atoms with Crippen LogP contribution >= 0.6 is 0 Å². The molecule has 3 heterocycles. The molecule has 0 atom stereocenters. The summed E-state index contributed by atoms with van der Waals surface area (Å²) in [5.41, 5.74) is 20.5. The molecule has 2 aliphatic rings. The highest BCUT2D eigenvalue weighted by Crippen LogP contribution is 2.54. The van der Waals surface area contributed by atoms with Crippen LogP contribution in [-0.4, -0.2) is 9.13 Å². The summed E-state index contributed by atoms with van der Waals surface area (Å²) in [5, 5.41) is 4.99. The molecule has 0 saturated carbocycles. The molecular formula is C59H41N3. The van der Waals surface area contributed by atoms with Crippen LogP contribution in [0.5, 0.6) is 0 Å². The van der Waals surface area contributed by atoms with E-state index in [1.807, 2.05) is 0 Å². The number of rotatable bonds is 3. The smallest absolute Gasteiger partial charge is 0.0547 e. The lowest BCUT2D eigenvalue weighted by Crippen LogP contribution is -2.25. The Labute approximate surface area is 360 Å². The van der Waals surface area contributed by atoms with E-state index in [1.165, 1.54) is 99.4 Å². The first-order valence-electron chi connectivity index (χ1n) is 21.6. The van der Waals surface area contributed by atoms with Gasteiger partial charge in [-0.05, 0) is 111 Å². The largest absolute Gasteiger partial charge is 0.317 e.